The highest BCUT2D eigenvalue weighted by molar-refractivity contribution is 14.1. The van der Waals surface area contributed by atoms with Gasteiger partial charge in [0.25, 0.3) is 7.44 Å². The minimum absolute atomic E-state index is 0.863. The molecular formula is C22H34IN4OP. The molecule has 3 aliphatic heterocycles. The van der Waals surface area contributed by atoms with Gasteiger partial charge in [0.15, 0.2) is 5.58 Å². The van der Waals surface area contributed by atoms with Crippen LogP contribution in [0, 0.1) is 3.57 Å². The number of likely N-dealkylation sites (tertiary alicyclic amines) is 1. The van der Waals surface area contributed by atoms with E-state index in [-0.39, 0.29) is 0 Å². The molecule has 0 unspecified atom stereocenters. The van der Waals surface area contributed by atoms with E-state index in [9.17, 15) is 0 Å². The van der Waals surface area contributed by atoms with Gasteiger partial charge in [0.05, 0.1) is 5.69 Å². The van der Waals surface area contributed by atoms with Crippen molar-refractivity contribution >= 4 is 41.3 Å². The summed E-state index contributed by atoms with van der Waals surface area (Å²) in [5.74, 6) is 0. The maximum absolute atomic E-state index is 15.1. The maximum atomic E-state index is 15.1. The summed E-state index contributed by atoms with van der Waals surface area (Å²) < 4.78 is 20.9. The number of hydrogen-bond acceptors (Lipinski definition) is 2. The van der Waals surface area contributed by atoms with Crippen LogP contribution in [0.5, 0.6) is 0 Å². The van der Waals surface area contributed by atoms with Crippen LogP contribution in [0.15, 0.2) is 29.3 Å². The Balaban J connectivity index is 1.77. The van der Waals surface area contributed by atoms with Crippen LogP contribution in [0.2, 0.25) is 0 Å². The zero-order chi connectivity index (χ0) is 20.1. The highest BCUT2D eigenvalue weighted by Gasteiger charge is 2.45. The summed E-state index contributed by atoms with van der Waals surface area (Å²) in [5, 5.41) is 0. The predicted octanol–water partition coefficient (Wildman–Crippen LogP) is 5.93. The Hall–Kier alpha value is -0.430. The van der Waals surface area contributed by atoms with E-state index >= 15 is 4.57 Å². The molecule has 160 valence electrons. The fraction of sp³-hybridized carbons (Fsp3) is 0.682. The number of hydrogen-bond donors (Lipinski definition) is 0. The first kappa shape index (κ1) is 21.8. The summed E-state index contributed by atoms with van der Waals surface area (Å²) in [5.41, 5.74) is 1.79. The summed E-state index contributed by atoms with van der Waals surface area (Å²) in [7, 11) is -2.89. The summed E-state index contributed by atoms with van der Waals surface area (Å²) >= 11 is 2.33. The summed E-state index contributed by atoms with van der Waals surface area (Å²) in [4.78, 5) is 7.51. The zero-order valence-electron chi connectivity index (χ0n) is 17.4. The second-order valence-corrected chi connectivity index (χ2v) is 12.4. The van der Waals surface area contributed by atoms with Crippen molar-refractivity contribution in [1.82, 2.24) is 14.2 Å². The molecule has 0 aromatic heterocycles. The van der Waals surface area contributed by atoms with Crippen molar-refractivity contribution in [2.45, 2.75) is 57.8 Å². The Bertz CT molecular complexity index is 714. The average molecular weight is 528 g/mol. The van der Waals surface area contributed by atoms with E-state index in [4.69, 9.17) is 4.99 Å². The Labute approximate surface area is 189 Å². The van der Waals surface area contributed by atoms with Crippen molar-refractivity contribution in [2.75, 3.05) is 39.3 Å². The summed E-state index contributed by atoms with van der Waals surface area (Å²) in [6.45, 7) is 5.71. The van der Waals surface area contributed by atoms with Crippen LogP contribution in [0.3, 0.4) is 0 Å². The molecule has 0 aliphatic carbocycles. The highest BCUT2D eigenvalue weighted by atomic mass is 127. The fourth-order valence-electron chi connectivity index (χ4n) is 4.77. The number of benzene rings is 1. The fourth-order valence-corrected chi connectivity index (χ4v) is 8.46. The number of piperidine rings is 3. The smallest absolute Gasteiger partial charge is 0.280 e. The van der Waals surface area contributed by atoms with Gasteiger partial charge in [-0.1, -0.05) is 12.8 Å². The quantitative estimate of drug-likeness (QED) is 0.210. The van der Waals surface area contributed by atoms with Gasteiger partial charge in [-0.2, -0.15) is 0 Å². The van der Waals surface area contributed by atoms with Crippen molar-refractivity contribution in [3.05, 3.63) is 27.8 Å². The molecule has 0 spiro atoms. The molecule has 0 saturated carbocycles. The maximum Gasteiger partial charge on any atom is 0.280 e. The number of halogens is 1. The molecule has 7 heteroatoms. The third kappa shape index (κ3) is 5.08. The van der Waals surface area contributed by atoms with Crippen molar-refractivity contribution < 1.29 is 4.57 Å². The molecule has 3 heterocycles. The molecule has 3 saturated heterocycles. The van der Waals surface area contributed by atoms with E-state index in [2.05, 4.69) is 61.1 Å². The van der Waals surface area contributed by atoms with Gasteiger partial charge in [-0.3, -0.25) is 4.57 Å². The molecule has 1 aromatic carbocycles. The van der Waals surface area contributed by atoms with E-state index < -0.39 is 7.44 Å². The van der Waals surface area contributed by atoms with Crippen molar-refractivity contribution in [1.29, 1.82) is 0 Å². The number of nitrogens with zero attached hydrogens (tertiary/aromatic N) is 4. The standard InChI is InChI=1S/C22H34IN4OP/c23-20-10-12-21(13-11-20)24-22(25-14-4-1-5-15-25)29(28,26-16-6-2-7-17-26)27-18-8-3-9-19-27/h10-13H,1-9,14-19H2. The molecule has 1 aromatic rings. The van der Waals surface area contributed by atoms with Gasteiger partial charge >= 0.3 is 0 Å². The molecule has 0 atom stereocenters. The minimum Gasteiger partial charge on any atom is -0.352 e. The molecule has 29 heavy (non-hydrogen) atoms. The molecule has 4 rings (SSSR count). The van der Waals surface area contributed by atoms with E-state index in [1.807, 2.05) is 0 Å². The van der Waals surface area contributed by atoms with Crippen LogP contribution >= 0.6 is 30.0 Å². The highest BCUT2D eigenvalue weighted by Crippen LogP contribution is 2.58. The number of aliphatic imine (C=N–C) groups is 1. The molecule has 0 N–H and O–H groups in total. The first-order valence-corrected chi connectivity index (χ1v) is 14.1. The van der Waals surface area contributed by atoms with Crippen molar-refractivity contribution in [3.8, 4) is 0 Å². The number of rotatable bonds is 4. The summed E-state index contributed by atoms with van der Waals surface area (Å²) in [6, 6.07) is 8.34. The second kappa shape index (κ2) is 10.3. The Kier molecular flexibility index (Phi) is 7.70. The zero-order valence-corrected chi connectivity index (χ0v) is 20.5. The lowest BCUT2D eigenvalue weighted by atomic mass is 10.1. The van der Waals surface area contributed by atoms with E-state index in [0.717, 1.165) is 76.2 Å². The van der Waals surface area contributed by atoms with Crippen LogP contribution in [0.4, 0.5) is 5.69 Å². The van der Waals surface area contributed by atoms with Gasteiger partial charge in [0, 0.05) is 42.8 Å². The normalized spacial score (nSPS) is 23.3. The van der Waals surface area contributed by atoms with E-state index in [1.54, 1.807) is 0 Å². The average Bonchev–Trinajstić information content (AvgIpc) is 2.80. The first-order chi connectivity index (χ1) is 14.2. The predicted molar refractivity (Wildman–Crippen MR) is 130 cm³/mol. The van der Waals surface area contributed by atoms with Crippen LogP contribution in [0.25, 0.3) is 0 Å². The minimum atomic E-state index is -2.89. The molecule has 0 radical (unpaired) electrons. The van der Waals surface area contributed by atoms with E-state index in [1.165, 1.54) is 35.7 Å². The van der Waals surface area contributed by atoms with Crippen LogP contribution in [-0.4, -0.2) is 59.1 Å². The van der Waals surface area contributed by atoms with Gasteiger partial charge in [-0.25, -0.2) is 14.3 Å². The van der Waals surface area contributed by atoms with Crippen molar-refractivity contribution in [3.63, 3.8) is 0 Å². The van der Waals surface area contributed by atoms with Crippen LogP contribution in [0.1, 0.15) is 57.8 Å². The Morgan fingerprint density at radius 1 is 0.724 bits per heavy atom. The van der Waals surface area contributed by atoms with E-state index in [0.29, 0.717) is 0 Å². The lowest BCUT2D eigenvalue weighted by Crippen LogP contribution is -2.46. The molecule has 3 fully saturated rings. The largest absolute Gasteiger partial charge is 0.352 e. The van der Waals surface area contributed by atoms with Gasteiger partial charge in [-0.05, 0) is 91.8 Å². The first-order valence-electron chi connectivity index (χ1n) is 11.4. The number of amidine groups is 1. The topological polar surface area (TPSA) is 39.2 Å². The molecule has 5 nitrogen and oxygen atoms in total. The van der Waals surface area contributed by atoms with Gasteiger partial charge in [0.1, 0.15) is 0 Å². The van der Waals surface area contributed by atoms with Crippen LogP contribution < -0.4 is 0 Å². The molecule has 0 amide bonds. The molecule has 3 aliphatic rings. The Morgan fingerprint density at radius 3 is 1.66 bits per heavy atom. The lowest BCUT2D eigenvalue weighted by Gasteiger charge is -2.45. The van der Waals surface area contributed by atoms with Gasteiger partial charge in [0.2, 0.25) is 0 Å². The molecule has 0 bridgehead atoms. The second-order valence-electron chi connectivity index (χ2n) is 8.51. The third-order valence-electron chi connectivity index (χ3n) is 6.39. The molecular weight excluding hydrogens is 494 g/mol. The Morgan fingerprint density at radius 2 is 1.17 bits per heavy atom. The van der Waals surface area contributed by atoms with Gasteiger partial charge in [-0.15, -0.1) is 0 Å². The monoisotopic (exact) mass is 528 g/mol. The van der Waals surface area contributed by atoms with Crippen LogP contribution in [-0.2, 0) is 4.57 Å². The third-order valence-corrected chi connectivity index (χ3v) is 10.3. The summed E-state index contributed by atoms with van der Waals surface area (Å²) in [6.07, 6.45) is 10.7. The van der Waals surface area contributed by atoms with Gasteiger partial charge < -0.3 is 4.90 Å². The SMILES string of the molecule is O=P(C(=Nc1ccc(I)cc1)N1CCCCC1)(N1CCCCC1)N1CCCCC1. The lowest BCUT2D eigenvalue weighted by molar-refractivity contribution is 0.276. The van der Waals surface area contributed by atoms with Crippen molar-refractivity contribution in [2.24, 2.45) is 4.99 Å².